The van der Waals surface area contributed by atoms with Crippen molar-refractivity contribution in [1.82, 2.24) is 0 Å². The minimum absolute atomic E-state index is 0.152. The van der Waals surface area contributed by atoms with E-state index in [1.807, 2.05) is 0 Å². The SMILES string of the molecule is Cc1c(N)cc(C(C)(C)C)cc1C(C)(C)C. The van der Waals surface area contributed by atoms with E-state index in [4.69, 9.17) is 5.73 Å². The average molecular weight is 219 g/mol. The van der Waals surface area contributed by atoms with E-state index in [1.165, 1.54) is 16.7 Å². The molecule has 0 aliphatic rings. The lowest BCUT2D eigenvalue weighted by Gasteiger charge is -2.27. The molecule has 1 aromatic rings. The largest absolute Gasteiger partial charge is 0.398 e. The molecule has 0 amide bonds. The highest BCUT2D eigenvalue weighted by molar-refractivity contribution is 5.55. The predicted octanol–water partition coefficient (Wildman–Crippen LogP) is 4.17. The number of nitrogen functional groups attached to an aromatic ring is 1. The summed E-state index contributed by atoms with van der Waals surface area (Å²) in [5.74, 6) is 0. The van der Waals surface area contributed by atoms with Crippen LogP contribution >= 0.6 is 0 Å². The third-order valence-corrected chi connectivity index (χ3v) is 3.12. The van der Waals surface area contributed by atoms with Crippen LogP contribution in [0.1, 0.15) is 58.2 Å². The molecule has 0 aliphatic carbocycles. The van der Waals surface area contributed by atoms with Gasteiger partial charge < -0.3 is 5.73 Å². The van der Waals surface area contributed by atoms with E-state index in [9.17, 15) is 0 Å². The molecule has 0 saturated heterocycles. The lowest BCUT2D eigenvalue weighted by atomic mass is 9.78. The Labute approximate surface area is 100 Å². The van der Waals surface area contributed by atoms with Gasteiger partial charge in [-0.05, 0) is 40.5 Å². The molecular weight excluding hydrogens is 194 g/mol. The van der Waals surface area contributed by atoms with E-state index >= 15 is 0 Å². The second kappa shape index (κ2) is 3.80. The van der Waals surface area contributed by atoms with Crippen molar-refractivity contribution in [3.63, 3.8) is 0 Å². The molecule has 1 aromatic carbocycles. The number of hydrogen-bond acceptors (Lipinski definition) is 1. The first-order valence-corrected chi connectivity index (χ1v) is 5.94. The van der Waals surface area contributed by atoms with Crippen molar-refractivity contribution in [2.24, 2.45) is 0 Å². The van der Waals surface area contributed by atoms with Gasteiger partial charge in [0, 0.05) is 5.69 Å². The molecule has 0 spiro atoms. The molecule has 0 unspecified atom stereocenters. The molecule has 0 atom stereocenters. The van der Waals surface area contributed by atoms with E-state index in [-0.39, 0.29) is 10.8 Å². The Morgan fingerprint density at radius 1 is 0.875 bits per heavy atom. The Morgan fingerprint density at radius 2 is 1.38 bits per heavy atom. The molecule has 0 bridgehead atoms. The van der Waals surface area contributed by atoms with Crippen LogP contribution in [0.5, 0.6) is 0 Å². The van der Waals surface area contributed by atoms with E-state index in [0.717, 1.165) is 5.69 Å². The second-order valence-corrected chi connectivity index (χ2v) is 6.74. The van der Waals surface area contributed by atoms with E-state index in [2.05, 4.69) is 60.6 Å². The Balaban J connectivity index is 3.46. The van der Waals surface area contributed by atoms with Gasteiger partial charge in [-0.3, -0.25) is 0 Å². The maximum Gasteiger partial charge on any atom is 0.0349 e. The van der Waals surface area contributed by atoms with Gasteiger partial charge in [0.2, 0.25) is 0 Å². The summed E-state index contributed by atoms with van der Waals surface area (Å²) in [5, 5.41) is 0. The highest BCUT2D eigenvalue weighted by atomic mass is 14.6. The van der Waals surface area contributed by atoms with Gasteiger partial charge >= 0.3 is 0 Å². The van der Waals surface area contributed by atoms with E-state index < -0.39 is 0 Å². The van der Waals surface area contributed by atoms with Crippen LogP contribution in [-0.2, 0) is 10.8 Å². The van der Waals surface area contributed by atoms with Crippen LogP contribution in [0.15, 0.2) is 12.1 Å². The summed E-state index contributed by atoms with van der Waals surface area (Å²) in [6.07, 6.45) is 0. The van der Waals surface area contributed by atoms with Gasteiger partial charge in [-0.15, -0.1) is 0 Å². The lowest BCUT2D eigenvalue weighted by molar-refractivity contribution is 0.566. The summed E-state index contributed by atoms with van der Waals surface area (Å²) in [6.45, 7) is 15.5. The van der Waals surface area contributed by atoms with E-state index in [1.54, 1.807) is 0 Å². The molecule has 16 heavy (non-hydrogen) atoms. The zero-order chi connectivity index (χ0) is 12.7. The van der Waals surface area contributed by atoms with Crippen LogP contribution in [-0.4, -0.2) is 0 Å². The molecule has 0 saturated carbocycles. The molecule has 1 heteroatoms. The first kappa shape index (κ1) is 13.1. The zero-order valence-corrected chi connectivity index (χ0v) is 11.7. The predicted molar refractivity (Wildman–Crippen MR) is 73.0 cm³/mol. The lowest BCUT2D eigenvalue weighted by Crippen LogP contribution is -2.18. The van der Waals surface area contributed by atoms with Gasteiger partial charge in [-0.2, -0.15) is 0 Å². The molecule has 0 fully saturated rings. The maximum absolute atomic E-state index is 6.11. The van der Waals surface area contributed by atoms with Gasteiger partial charge in [-0.25, -0.2) is 0 Å². The Kier molecular flexibility index (Phi) is 3.11. The molecule has 1 rings (SSSR count). The van der Waals surface area contributed by atoms with Crippen LogP contribution in [0.3, 0.4) is 0 Å². The summed E-state index contributed by atoms with van der Waals surface area (Å²) in [4.78, 5) is 0. The number of benzene rings is 1. The first-order valence-electron chi connectivity index (χ1n) is 5.94. The molecule has 0 aliphatic heterocycles. The van der Waals surface area contributed by atoms with Crippen LogP contribution in [0.4, 0.5) is 5.69 Å². The van der Waals surface area contributed by atoms with Gasteiger partial charge in [0.25, 0.3) is 0 Å². The van der Waals surface area contributed by atoms with Crippen LogP contribution < -0.4 is 5.73 Å². The molecule has 0 aromatic heterocycles. The molecule has 2 N–H and O–H groups in total. The molecule has 1 nitrogen and oxygen atoms in total. The fraction of sp³-hybridized carbons (Fsp3) is 0.600. The Hall–Kier alpha value is -0.980. The zero-order valence-electron chi connectivity index (χ0n) is 11.7. The van der Waals surface area contributed by atoms with Crippen molar-refractivity contribution >= 4 is 5.69 Å². The summed E-state index contributed by atoms with van der Waals surface area (Å²) in [7, 11) is 0. The van der Waals surface area contributed by atoms with Gasteiger partial charge in [0.1, 0.15) is 0 Å². The van der Waals surface area contributed by atoms with Gasteiger partial charge in [0.05, 0.1) is 0 Å². The highest BCUT2D eigenvalue weighted by Gasteiger charge is 2.22. The van der Waals surface area contributed by atoms with Crippen LogP contribution in [0.25, 0.3) is 0 Å². The fourth-order valence-electron chi connectivity index (χ4n) is 1.95. The van der Waals surface area contributed by atoms with Crippen molar-refractivity contribution in [2.45, 2.75) is 59.3 Å². The summed E-state index contributed by atoms with van der Waals surface area (Å²) < 4.78 is 0. The van der Waals surface area contributed by atoms with Crippen molar-refractivity contribution < 1.29 is 0 Å². The third-order valence-electron chi connectivity index (χ3n) is 3.12. The van der Waals surface area contributed by atoms with Crippen molar-refractivity contribution in [2.75, 3.05) is 5.73 Å². The number of hydrogen-bond donors (Lipinski definition) is 1. The quantitative estimate of drug-likeness (QED) is 0.651. The molecular formula is C15H25N. The van der Waals surface area contributed by atoms with Gasteiger partial charge in [-0.1, -0.05) is 47.6 Å². The van der Waals surface area contributed by atoms with Gasteiger partial charge in [0.15, 0.2) is 0 Å². The molecule has 0 heterocycles. The van der Waals surface area contributed by atoms with E-state index in [0.29, 0.717) is 0 Å². The van der Waals surface area contributed by atoms with Crippen molar-refractivity contribution in [3.05, 3.63) is 28.8 Å². The molecule has 0 radical (unpaired) electrons. The number of rotatable bonds is 0. The van der Waals surface area contributed by atoms with Crippen LogP contribution in [0, 0.1) is 6.92 Å². The average Bonchev–Trinajstić information content (AvgIpc) is 2.05. The topological polar surface area (TPSA) is 26.0 Å². The normalized spacial score (nSPS) is 12.9. The fourth-order valence-corrected chi connectivity index (χ4v) is 1.95. The summed E-state index contributed by atoms with van der Waals surface area (Å²) in [5.41, 5.74) is 11.2. The standard InChI is InChI=1S/C15H25N/c1-10-12(15(5,6)7)8-11(9-13(10)16)14(2,3)4/h8-9H,16H2,1-7H3. The van der Waals surface area contributed by atoms with Crippen molar-refractivity contribution in [1.29, 1.82) is 0 Å². The minimum atomic E-state index is 0.152. The van der Waals surface area contributed by atoms with Crippen molar-refractivity contribution in [3.8, 4) is 0 Å². The highest BCUT2D eigenvalue weighted by Crippen LogP contribution is 2.34. The number of anilines is 1. The Morgan fingerprint density at radius 3 is 1.75 bits per heavy atom. The number of nitrogens with two attached hydrogens (primary N) is 1. The smallest absolute Gasteiger partial charge is 0.0349 e. The molecule has 90 valence electrons. The first-order chi connectivity index (χ1) is 7.03. The summed E-state index contributed by atoms with van der Waals surface area (Å²) >= 11 is 0. The van der Waals surface area contributed by atoms with Crippen LogP contribution in [0.2, 0.25) is 0 Å². The Bertz CT molecular complexity index is 389. The third kappa shape index (κ3) is 2.58. The minimum Gasteiger partial charge on any atom is -0.398 e. The maximum atomic E-state index is 6.11. The second-order valence-electron chi connectivity index (χ2n) is 6.74. The monoisotopic (exact) mass is 219 g/mol. The summed E-state index contributed by atoms with van der Waals surface area (Å²) in [6, 6.07) is 4.43.